The lowest BCUT2D eigenvalue weighted by molar-refractivity contribution is -0.137. The fourth-order valence-corrected chi connectivity index (χ4v) is 4.28. The maximum Gasteiger partial charge on any atom is 0.305 e. The van der Waals surface area contributed by atoms with Crippen molar-refractivity contribution in [3.8, 4) is 0 Å². The number of allylic oxidation sites excluding steroid dienone is 3. The number of carbonyl (C=O) groups is 2. The molecule has 0 spiro atoms. The van der Waals surface area contributed by atoms with Crippen molar-refractivity contribution < 1.29 is 14.7 Å². The Morgan fingerprint density at radius 2 is 2.18 bits per heavy atom. The molecule has 1 N–H and O–H groups in total. The Kier molecular flexibility index (Phi) is 5.12. The SMILES string of the molecule is CC1=C(C=C2SC(=S)N(CCC(=O)O)C2=O)C(C)(C)CCC1. The number of carbonyl (C=O) groups excluding carboxylic acids is 1. The number of aliphatic carboxylic acids is 1. The zero-order chi connectivity index (χ0) is 16.5. The van der Waals surface area contributed by atoms with E-state index in [-0.39, 0.29) is 24.3 Å². The van der Waals surface area contributed by atoms with Crippen LogP contribution < -0.4 is 0 Å². The molecule has 0 aromatic heterocycles. The molecule has 0 aromatic rings. The third-order valence-electron chi connectivity index (χ3n) is 4.24. The summed E-state index contributed by atoms with van der Waals surface area (Å²) in [4.78, 5) is 25.1. The van der Waals surface area contributed by atoms with Crippen LogP contribution in [0, 0.1) is 5.41 Å². The van der Waals surface area contributed by atoms with Crippen molar-refractivity contribution in [2.75, 3.05) is 6.54 Å². The van der Waals surface area contributed by atoms with Gasteiger partial charge >= 0.3 is 5.97 Å². The lowest BCUT2D eigenvalue weighted by Crippen LogP contribution is -2.30. The van der Waals surface area contributed by atoms with E-state index in [1.165, 1.54) is 34.2 Å². The van der Waals surface area contributed by atoms with Crippen LogP contribution in [0.4, 0.5) is 0 Å². The van der Waals surface area contributed by atoms with Gasteiger partial charge in [0.25, 0.3) is 5.91 Å². The molecule has 120 valence electrons. The molecular formula is C16H21NO3S2. The van der Waals surface area contributed by atoms with Crippen molar-refractivity contribution in [1.82, 2.24) is 4.90 Å². The molecule has 0 atom stereocenters. The second-order valence-corrected chi connectivity index (χ2v) is 8.08. The Balaban J connectivity index is 2.24. The van der Waals surface area contributed by atoms with Crippen LogP contribution >= 0.6 is 24.0 Å². The van der Waals surface area contributed by atoms with Gasteiger partial charge in [0.1, 0.15) is 4.32 Å². The smallest absolute Gasteiger partial charge is 0.305 e. The van der Waals surface area contributed by atoms with E-state index in [0.29, 0.717) is 9.23 Å². The number of carboxylic acid groups (broad SMARTS) is 1. The zero-order valence-electron chi connectivity index (χ0n) is 13.1. The molecule has 1 amide bonds. The number of carboxylic acids is 1. The highest BCUT2D eigenvalue weighted by Gasteiger charge is 2.34. The van der Waals surface area contributed by atoms with E-state index in [0.717, 1.165) is 12.8 Å². The summed E-state index contributed by atoms with van der Waals surface area (Å²) in [5, 5.41) is 8.77. The first-order valence-electron chi connectivity index (χ1n) is 7.40. The monoisotopic (exact) mass is 339 g/mol. The van der Waals surface area contributed by atoms with Crippen LogP contribution in [0.1, 0.15) is 46.5 Å². The average molecular weight is 339 g/mol. The van der Waals surface area contributed by atoms with Crippen LogP contribution in [0.5, 0.6) is 0 Å². The highest BCUT2D eigenvalue weighted by Crippen LogP contribution is 2.43. The Hall–Kier alpha value is -1.14. The van der Waals surface area contributed by atoms with E-state index >= 15 is 0 Å². The van der Waals surface area contributed by atoms with Gasteiger partial charge in [0, 0.05) is 6.54 Å². The molecule has 4 nitrogen and oxygen atoms in total. The number of hydrogen-bond donors (Lipinski definition) is 1. The summed E-state index contributed by atoms with van der Waals surface area (Å²) in [6, 6.07) is 0. The third kappa shape index (κ3) is 3.60. The molecule has 0 aromatic carbocycles. The quantitative estimate of drug-likeness (QED) is 0.625. The summed E-state index contributed by atoms with van der Waals surface area (Å²) >= 11 is 6.49. The molecule has 1 fully saturated rings. The predicted octanol–water partition coefficient (Wildman–Crippen LogP) is 3.73. The van der Waals surface area contributed by atoms with Gasteiger partial charge in [0.15, 0.2) is 0 Å². The summed E-state index contributed by atoms with van der Waals surface area (Å²) in [6.45, 7) is 6.66. The third-order valence-corrected chi connectivity index (χ3v) is 5.62. The molecule has 1 aliphatic carbocycles. The van der Waals surface area contributed by atoms with Crippen molar-refractivity contribution >= 4 is 40.2 Å². The highest BCUT2D eigenvalue weighted by molar-refractivity contribution is 8.26. The van der Waals surface area contributed by atoms with Crippen molar-refractivity contribution in [2.45, 2.75) is 46.5 Å². The van der Waals surface area contributed by atoms with E-state index < -0.39 is 5.97 Å². The van der Waals surface area contributed by atoms with E-state index in [1.54, 1.807) is 0 Å². The van der Waals surface area contributed by atoms with Crippen molar-refractivity contribution in [2.24, 2.45) is 5.41 Å². The first-order valence-corrected chi connectivity index (χ1v) is 8.62. The number of rotatable bonds is 4. The molecule has 6 heteroatoms. The molecule has 1 aliphatic heterocycles. The molecule has 0 saturated carbocycles. The first-order chi connectivity index (χ1) is 10.2. The Morgan fingerprint density at radius 3 is 2.77 bits per heavy atom. The van der Waals surface area contributed by atoms with Crippen LogP contribution in [-0.4, -0.2) is 32.7 Å². The van der Waals surface area contributed by atoms with E-state index in [9.17, 15) is 9.59 Å². The Labute approximate surface area is 140 Å². The summed E-state index contributed by atoms with van der Waals surface area (Å²) in [7, 11) is 0. The predicted molar refractivity (Wildman–Crippen MR) is 92.6 cm³/mol. The number of hydrogen-bond acceptors (Lipinski definition) is 4. The number of nitrogens with zero attached hydrogens (tertiary/aromatic N) is 1. The Bertz CT molecular complexity index is 590. The molecule has 1 saturated heterocycles. The molecule has 0 unspecified atom stereocenters. The van der Waals surface area contributed by atoms with Gasteiger partial charge in [0.2, 0.25) is 0 Å². The van der Waals surface area contributed by atoms with Gasteiger partial charge in [-0.05, 0) is 43.3 Å². The van der Waals surface area contributed by atoms with Gasteiger partial charge in [-0.2, -0.15) is 0 Å². The van der Waals surface area contributed by atoms with E-state index in [2.05, 4.69) is 20.8 Å². The van der Waals surface area contributed by atoms with Crippen molar-refractivity contribution in [1.29, 1.82) is 0 Å². The largest absolute Gasteiger partial charge is 0.481 e. The van der Waals surface area contributed by atoms with Crippen LogP contribution in [0.2, 0.25) is 0 Å². The normalized spacial score (nSPS) is 23.6. The van der Waals surface area contributed by atoms with Gasteiger partial charge in [-0.25, -0.2) is 0 Å². The lowest BCUT2D eigenvalue weighted by atomic mass is 9.72. The topological polar surface area (TPSA) is 57.6 Å². The number of thioether (sulfide) groups is 1. The number of thiocarbonyl (C=S) groups is 1. The highest BCUT2D eigenvalue weighted by atomic mass is 32.2. The second kappa shape index (κ2) is 6.54. The van der Waals surface area contributed by atoms with Gasteiger partial charge in [-0.15, -0.1) is 0 Å². The molecule has 2 rings (SSSR count). The summed E-state index contributed by atoms with van der Waals surface area (Å²) < 4.78 is 0.448. The maximum absolute atomic E-state index is 12.5. The van der Waals surface area contributed by atoms with E-state index in [1.807, 2.05) is 6.08 Å². The molecule has 22 heavy (non-hydrogen) atoms. The maximum atomic E-state index is 12.5. The standard InChI is InChI=1S/C16H21NO3S2/c1-10-5-4-7-16(2,3)11(10)9-12-14(20)17(15(21)22-12)8-6-13(18)19/h9H,4-8H2,1-3H3,(H,18,19). The average Bonchev–Trinajstić information content (AvgIpc) is 2.66. The molecule has 2 aliphatic rings. The van der Waals surface area contributed by atoms with Crippen LogP contribution in [-0.2, 0) is 9.59 Å². The molecule has 0 radical (unpaired) electrons. The van der Waals surface area contributed by atoms with Gasteiger partial charge in [-0.1, -0.05) is 43.4 Å². The van der Waals surface area contributed by atoms with Gasteiger partial charge in [-0.3, -0.25) is 14.5 Å². The van der Waals surface area contributed by atoms with Crippen LogP contribution in [0.25, 0.3) is 0 Å². The van der Waals surface area contributed by atoms with Crippen LogP contribution in [0.3, 0.4) is 0 Å². The minimum absolute atomic E-state index is 0.0618. The summed E-state index contributed by atoms with van der Waals surface area (Å²) in [5.41, 5.74) is 2.61. The van der Waals surface area contributed by atoms with Crippen molar-refractivity contribution in [3.05, 3.63) is 22.1 Å². The lowest BCUT2D eigenvalue weighted by Gasteiger charge is -2.33. The second-order valence-electron chi connectivity index (χ2n) is 6.41. The van der Waals surface area contributed by atoms with Crippen molar-refractivity contribution in [3.63, 3.8) is 0 Å². The first kappa shape index (κ1) is 17.2. The summed E-state index contributed by atoms with van der Waals surface area (Å²) in [5.74, 6) is -1.09. The Morgan fingerprint density at radius 1 is 1.50 bits per heavy atom. The van der Waals surface area contributed by atoms with Crippen LogP contribution in [0.15, 0.2) is 22.1 Å². The molecular weight excluding hydrogens is 318 g/mol. The zero-order valence-corrected chi connectivity index (χ0v) is 14.8. The minimum Gasteiger partial charge on any atom is -0.481 e. The fourth-order valence-electron chi connectivity index (χ4n) is 2.99. The minimum atomic E-state index is -0.926. The van der Waals surface area contributed by atoms with Gasteiger partial charge < -0.3 is 5.11 Å². The molecule has 0 bridgehead atoms. The fraction of sp³-hybridized carbons (Fsp3) is 0.562. The number of amides is 1. The molecule has 1 heterocycles. The summed E-state index contributed by atoms with van der Waals surface area (Å²) in [6.07, 6.45) is 5.22. The van der Waals surface area contributed by atoms with E-state index in [4.69, 9.17) is 17.3 Å². The van der Waals surface area contributed by atoms with Gasteiger partial charge in [0.05, 0.1) is 11.3 Å².